The standard InChI is InChI=1S/C26H27N3O5S/c1-5-32-19-11-10-18(14-20(19)33-6-2)23-22(25(31)34-7-3)16(4)28-26-29(23)24(30)21(35-26)13-17-9-8-12-27-15-17/h8-15,23H,5-7H2,1-4H3/b21-13-/t23-/m1/s1. The summed E-state index contributed by atoms with van der Waals surface area (Å²) in [6.07, 6.45) is 5.14. The summed E-state index contributed by atoms with van der Waals surface area (Å²) >= 11 is 1.27. The number of rotatable bonds is 8. The molecule has 1 aliphatic heterocycles. The largest absolute Gasteiger partial charge is 0.490 e. The van der Waals surface area contributed by atoms with Crippen molar-refractivity contribution in [3.05, 3.63) is 84.8 Å². The number of benzene rings is 1. The highest BCUT2D eigenvalue weighted by Crippen LogP contribution is 2.36. The van der Waals surface area contributed by atoms with E-state index in [9.17, 15) is 9.59 Å². The molecule has 3 heterocycles. The Labute approximate surface area is 206 Å². The lowest BCUT2D eigenvalue weighted by Crippen LogP contribution is -2.40. The fraction of sp³-hybridized carbons (Fsp3) is 0.308. The van der Waals surface area contributed by atoms with Gasteiger partial charge in [-0.25, -0.2) is 9.79 Å². The van der Waals surface area contributed by atoms with Crippen LogP contribution in [0.1, 0.15) is 44.9 Å². The molecule has 1 aliphatic rings. The van der Waals surface area contributed by atoms with Gasteiger partial charge in [-0.15, -0.1) is 0 Å². The Morgan fingerprint density at radius 1 is 1.11 bits per heavy atom. The van der Waals surface area contributed by atoms with E-state index in [4.69, 9.17) is 14.2 Å². The van der Waals surface area contributed by atoms with E-state index in [-0.39, 0.29) is 12.2 Å². The van der Waals surface area contributed by atoms with E-state index in [1.54, 1.807) is 43.0 Å². The number of nitrogens with zero attached hydrogens (tertiary/aromatic N) is 3. The lowest BCUT2D eigenvalue weighted by molar-refractivity contribution is -0.139. The van der Waals surface area contributed by atoms with Gasteiger partial charge in [0.1, 0.15) is 0 Å². The molecule has 0 spiro atoms. The van der Waals surface area contributed by atoms with Gasteiger partial charge in [-0.1, -0.05) is 23.5 Å². The predicted octanol–water partition coefficient (Wildman–Crippen LogP) is 2.99. The first kappa shape index (κ1) is 24.4. The smallest absolute Gasteiger partial charge is 0.338 e. The van der Waals surface area contributed by atoms with Crippen LogP contribution in [0.25, 0.3) is 6.08 Å². The first-order valence-electron chi connectivity index (χ1n) is 11.5. The molecule has 0 unspecified atom stereocenters. The Bertz CT molecular complexity index is 1440. The topological polar surface area (TPSA) is 92.0 Å². The summed E-state index contributed by atoms with van der Waals surface area (Å²) in [6.45, 7) is 8.42. The number of carbonyl (C=O) groups is 1. The number of allylic oxidation sites excluding steroid dienone is 1. The zero-order valence-electron chi connectivity index (χ0n) is 20.1. The Kier molecular flexibility index (Phi) is 7.45. The highest BCUT2D eigenvalue weighted by molar-refractivity contribution is 7.07. The van der Waals surface area contributed by atoms with Crippen molar-refractivity contribution in [3.63, 3.8) is 0 Å². The fourth-order valence-electron chi connectivity index (χ4n) is 3.96. The molecule has 0 saturated carbocycles. The van der Waals surface area contributed by atoms with Crippen LogP contribution in [0.2, 0.25) is 0 Å². The molecule has 8 nitrogen and oxygen atoms in total. The van der Waals surface area contributed by atoms with Crippen LogP contribution in [0.5, 0.6) is 11.5 Å². The van der Waals surface area contributed by atoms with Crippen LogP contribution in [-0.4, -0.2) is 35.3 Å². The monoisotopic (exact) mass is 493 g/mol. The molecule has 1 atom stereocenters. The van der Waals surface area contributed by atoms with Crippen molar-refractivity contribution >= 4 is 23.4 Å². The number of thiazole rings is 1. The van der Waals surface area contributed by atoms with Gasteiger partial charge in [0.2, 0.25) is 0 Å². The van der Waals surface area contributed by atoms with Crippen LogP contribution >= 0.6 is 11.3 Å². The highest BCUT2D eigenvalue weighted by Gasteiger charge is 2.34. The SMILES string of the molecule is CCOC(=O)C1=C(C)N=c2s/c(=C\c3cccnc3)c(=O)n2[C@@H]1c1ccc(OCC)c(OCC)c1. The minimum absolute atomic E-state index is 0.210. The maximum atomic E-state index is 13.6. The van der Waals surface area contributed by atoms with E-state index in [0.29, 0.717) is 50.9 Å². The Hall–Kier alpha value is -3.72. The second kappa shape index (κ2) is 10.7. The molecule has 35 heavy (non-hydrogen) atoms. The molecule has 9 heteroatoms. The molecule has 0 saturated heterocycles. The summed E-state index contributed by atoms with van der Waals surface area (Å²) in [6, 6.07) is 8.41. The van der Waals surface area contributed by atoms with Crippen LogP contribution < -0.4 is 24.4 Å². The minimum atomic E-state index is -0.726. The Morgan fingerprint density at radius 3 is 2.57 bits per heavy atom. The summed E-state index contributed by atoms with van der Waals surface area (Å²) in [7, 11) is 0. The number of carbonyl (C=O) groups excluding carboxylic acids is 1. The Balaban J connectivity index is 1.95. The number of esters is 1. The third kappa shape index (κ3) is 4.90. The quantitative estimate of drug-likeness (QED) is 0.448. The number of fused-ring (bicyclic) bond motifs is 1. The van der Waals surface area contributed by atoms with Crippen molar-refractivity contribution < 1.29 is 19.0 Å². The maximum absolute atomic E-state index is 13.6. The zero-order chi connectivity index (χ0) is 24.9. The number of hydrogen-bond donors (Lipinski definition) is 0. The molecule has 0 amide bonds. The van der Waals surface area contributed by atoms with Gasteiger partial charge in [0.25, 0.3) is 5.56 Å². The normalized spacial score (nSPS) is 15.4. The number of pyridine rings is 1. The number of hydrogen-bond acceptors (Lipinski definition) is 8. The fourth-order valence-corrected chi connectivity index (χ4v) is 5.00. The molecule has 0 fully saturated rings. The molecule has 0 bridgehead atoms. The zero-order valence-corrected chi connectivity index (χ0v) is 20.9. The summed E-state index contributed by atoms with van der Waals surface area (Å²) < 4.78 is 18.9. The molecule has 0 N–H and O–H groups in total. The average molecular weight is 494 g/mol. The molecule has 3 aromatic rings. The van der Waals surface area contributed by atoms with Crippen LogP contribution in [-0.2, 0) is 9.53 Å². The molecule has 2 aromatic heterocycles. The van der Waals surface area contributed by atoms with Crippen molar-refractivity contribution in [2.45, 2.75) is 33.7 Å². The average Bonchev–Trinajstić information content (AvgIpc) is 3.14. The lowest BCUT2D eigenvalue weighted by atomic mass is 9.95. The van der Waals surface area contributed by atoms with Gasteiger partial charge in [0.15, 0.2) is 16.3 Å². The van der Waals surface area contributed by atoms with Crippen molar-refractivity contribution in [1.29, 1.82) is 0 Å². The van der Waals surface area contributed by atoms with E-state index in [0.717, 1.165) is 5.56 Å². The third-order valence-corrected chi connectivity index (χ3v) is 6.37. The van der Waals surface area contributed by atoms with Gasteiger partial charge in [-0.05, 0) is 63.1 Å². The van der Waals surface area contributed by atoms with E-state index < -0.39 is 12.0 Å². The predicted molar refractivity (Wildman–Crippen MR) is 133 cm³/mol. The van der Waals surface area contributed by atoms with Crippen molar-refractivity contribution in [2.24, 2.45) is 4.99 Å². The van der Waals surface area contributed by atoms with Gasteiger partial charge in [0, 0.05) is 12.4 Å². The first-order chi connectivity index (χ1) is 17.0. The summed E-state index contributed by atoms with van der Waals surface area (Å²) in [4.78, 5) is 35.9. The van der Waals surface area contributed by atoms with Gasteiger partial charge >= 0.3 is 5.97 Å². The van der Waals surface area contributed by atoms with E-state index in [2.05, 4.69) is 9.98 Å². The molecule has 1 aromatic carbocycles. The van der Waals surface area contributed by atoms with Gasteiger partial charge in [0.05, 0.1) is 41.7 Å². The lowest BCUT2D eigenvalue weighted by Gasteiger charge is -2.25. The van der Waals surface area contributed by atoms with E-state index in [1.807, 2.05) is 38.1 Å². The third-order valence-electron chi connectivity index (χ3n) is 5.38. The number of aromatic nitrogens is 2. The van der Waals surface area contributed by atoms with E-state index >= 15 is 0 Å². The molecule has 4 rings (SSSR count). The van der Waals surface area contributed by atoms with Crippen LogP contribution in [0.3, 0.4) is 0 Å². The molecular weight excluding hydrogens is 466 g/mol. The van der Waals surface area contributed by atoms with Crippen LogP contribution in [0, 0.1) is 0 Å². The van der Waals surface area contributed by atoms with Crippen LogP contribution in [0.4, 0.5) is 0 Å². The first-order valence-corrected chi connectivity index (χ1v) is 12.3. The molecular formula is C26H27N3O5S. The van der Waals surface area contributed by atoms with Gasteiger partial charge < -0.3 is 14.2 Å². The minimum Gasteiger partial charge on any atom is -0.490 e. The maximum Gasteiger partial charge on any atom is 0.338 e. The van der Waals surface area contributed by atoms with Crippen LogP contribution in [0.15, 0.2) is 63.8 Å². The molecule has 0 radical (unpaired) electrons. The molecule has 0 aliphatic carbocycles. The van der Waals surface area contributed by atoms with Crippen molar-refractivity contribution in [2.75, 3.05) is 19.8 Å². The van der Waals surface area contributed by atoms with Crippen molar-refractivity contribution in [3.8, 4) is 11.5 Å². The Morgan fingerprint density at radius 2 is 1.89 bits per heavy atom. The number of ether oxygens (including phenoxy) is 3. The van der Waals surface area contributed by atoms with Crippen molar-refractivity contribution in [1.82, 2.24) is 9.55 Å². The molecule has 182 valence electrons. The van der Waals surface area contributed by atoms with Gasteiger partial charge in [-0.2, -0.15) is 0 Å². The second-order valence-electron chi connectivity index (χ2n) is 7.66. The summed E-state index contributed by atoms with van der Waals surface area (Å²) in [5.41, 5.74) is 2.08. The second-order valence-corrected chi connectivity index (χ2v) is 8.67. The van der Waals surface area contributed by atoms with E-state index in [1.165, 1.54) is 11.3 Å². The summed E-state index contributed by atoms with van der Waals surface area (Å²) in [5, 5.41) is 0. The summed E-state index contributed by atoms with van der Waals surface area (Å²) in [5.74, 6) is 0.634. The van der Waals surface area contributed by atoms with Gasteiger partial charge in [-0.3, -0.25) is 14.3 Å². The highest BCUT2D eigenvalue weighted by atomic mass is 32.1.